The molecule has 0 aliphatic heterocycles. The second-order valence-corrected chi connectivity index (χ2v) is 5.99. The highest BCUT2D eigenvalue weighted by Gasteiger charge is 2.09. The Bertz CT molecular complexity index is 897. The van der Waals surface area contributed by atoms with Crippen LogP contribution in [0.2, 0.25) is 0 Å². The van der Waals surface area contributed by atoms with E-state index in [2.05, 4.69) is 9.72 Å². The van der Waals surface area contributed by atoms with Crippen molar-refractivity contribution in [3.05, 3.63) is 82.9 Å². The van der Waals surface area contributed by atoms with Gasteiger partial charge in [0.15, 0.2) is 0 Å². The number of hydrogen-bond donors (Lipinski definition) is 0. The number of halogens is 1. The zero-order chi connectivity index (χ0) is 18.5. The Balaban J connectivity index is 1.68. The third-order valence-corrected chi connectivity index (χ3v) is 4.21. The number of nitrogens with zero attached hydrogens (tertiary/aromatic N) is 2. The van der Waals surface area contributed by atoms with Gasteiger partial charge in [0.2, 0.25) is 0 Å². The topological polar surface area (TPSA) is 35.8 Å². The molecule has 0 unspecified atom stereocenters. The van der Waals surface area contributed by atoms with Crippen LogP contribution >= 0.6 is 0 Å². The summed E-state index contributed by atoms with van der Waals surface area (Å²) in [6.07, 6.45) is 1.70. The van der Waals surface area contributed by atoms with Gasteiger partial charge in [-0.25, -0.2) is 4.39 Å². The average molecular weight is 352 g/mol. The maximum absolute atomic E-state index is 13.1. The molecule has 0 atom stereocenters. The fourth-order valence-corrected chi connectivity index (χ4v) is 2.83. The first-order valence-electron chi connectivity index (χ1n) is 8.31. The Hall–Kier alpha value is -3.08. The second kappa shape index (κ2) is 7.87. The van der Waals surface area contributed by atoms with Gasteiger partial charge in [-0.15, -0.1) is 0 Å². The summed E-state index contributed by atoms with van der Waals surface area (Å²) in [5.74, 6) is 0.565. The predicted molar refractivity (Wildman–Crippen MR) is 101 cm³/mol. The highest BCUT2D eigenvalue weighted by Crippen LogP contribution is 2.20. The molecular formula is C21H21FN2O2. The van der Waals surface area contributed by atoms with Crippen molar-refractivity contribution < 1.29 is 14.0 Å². The van der Waals surface area contributed by atoms with Crippen molar-refractivity contribution in [2.24, 2.45) is 5.16 Å². The molecule has 0 N–H and O–H groups in total. The van der Waals surface area contributed by atoms with Gasteiger partial charge in [0.05, 0.1) is 13.3 Å². The third kappa shape index (κ3) is 3.94. The molecule has 134 valence electrons. The van der Waals surface area contributed by atoms with Crippen LogP contribution in [0.1, 0.15) is 22.5 Å². The number of methoxy groups -OCH3 is 1. The van der Waals surface area contributed by atoms with Gasteiger partial charge in [0, 0.05) is 22.6 Å². The number of aryl methyl sites for hydroxylation is 1. The van der Waals surface area contributed by atoms with Crippen LogP contribution in [0.15, 0.2) is 59.8 Å². The molecule has 1 aromatic heterocycles. The van der Waals surface area contributed by atoms with E-state index in [0.717, 1.165) is 34.0 Å². The second-order valence-electron chi connectivity index (χ2n) is 5.99. The van der Waals surface area contributed by atoms with Crippen LogP contribution in [0.4, 0.5) is 4.39 Å². The standard InChI is InChI=1S/C21H21FN2O2/c1-15-12-18(16(2)24(15)20-8-6-19(22)7-9-20)13-23-26-14-17-4-10-21(25-3)11-5-17/h4-13H,14H2,1-3H3/b23-13+. The summed E-state index contributed by atoms with van der Waals surface area (Å²) >= 11 is 0. The number of ether oxygens (including phenoxy) is 1. The van der Waals surface area contributed by atoms with Crippen LogP contribution in [0.25, 0.3) is 5.69 Å². The molecule has 0 saturated heterocycles. The minimum absolute atomic E-state index is 0.245. The van der Waals surface area contributed by atoms with Crippen LogP contribution in [0.5, 0.6) is 5.75 Å². The van der Waals surface area contributed by atoms with Crippen LogP contribution < -0.4 is 4.74 Å². The first-order chi connectivity index (χ1) is 12.6. The highest BCUT2D eigenvalue weighted by molar-refractivity contribution is 5.81. The summed E-state index contributed by atoms with van der Waals surface area (Å²) in [5.41, 5.74) is 4.96. The first-order valence-corrected chi connectivity index (χ1v) is 8.31. The van der Waals surface area contributed by atoms with E-state index in [1.807, 2.05) is 44.2 Å². The third-order valence-electron chi connectivity index (χ3n) is 4.21. The lowest BCUT2D eigenvalue weighted by Crippen LogP contribution is -1.99. The van der Waals surface area contributed by atoms with Crippen molar-refractivity contribution in [3.8, 4) is 11.4 Å². The zero-order valence-electron chi connectivity index (χ0n) is 15.1. The average Bonchev–Trinajstić information content (AvgIpc) is 2.94. The summed E-state index contributed by atoms with van der Waals surface area (Å²) in [7, 11) is 1.64. The molecule has 0 aliphatic carbocycles. The van der Waals surface area contributed by atoms with E-state index < -0.39 is 0 Å². The van der Waals surface area contributed by atoms with Gasteiger partial charge in [0.1, 0.15) is 18.2 Å². The van der Waals surface area contributed by atoms with E-state index in [0.29, 0.717) is 6.61 Å². The van der Waals surface area contributed by atoms with Gasteiger partial charge in [-0.3, -0.25) is 0 Å². The molecule has 0 aliphatic rings. The molecule has 26 heavy (non-hydrogen) atoms. The summed E-state index contributed by atoms with van der Waals surface area (Å²) in [6.45, 7) is 4.39. The van der Waals surface area contributed by atoms with E-state index in [1.165, 1.54) is 12.1 Å². The number of hydrogen-bond acceptors (Lipinski definition) is 3. The molecular weight excluding hydrogens is 331 g/mol. The van der Waals surface area contributed by atoms with Crippen molar-refractivity contribution in [3.63, 3.8) is 0 Å². The van der Waals surface area contributed by atoms with E-state index in [-0.39, 0.29) is 5.82 Å². The molecule has 5 heteroatoms. The fraction of sp³-hybridized carbons (Fsp3) is 0.190. The van der Waals surface area contributed by atoms with Gasteiger partial charge < -0.3 is 14.1 Å². The largest absolute Gasteiger partial charge is 0.497 e. The smallest absolute Gasteiger partial charge is 0.142 e. The molecule has 2 aromatic carbocycles. The highest BCUT2D eigenvalue weighted by atomic mass is 19.1. The fourth-order valence-electron chi connectivity index (χ4n) is 2.83. The minimum atomic E-state index is -0.245. The quantitative estimate of drug-likeness (QED) is 0.472. The number of aromatic nitrogens is 1. The lowest BCUT2D eigenvalue weighted by Gasteiger charge is -2.09. The molecule has 0 amide bonds. The molecule has 0 saturated carbocycles. The molecule has 4 nitrogen and oxygen atoms in total. The van der Waals surface area contributed by atoms with Gasteiger partial charge >= 0.3 is 0 Å². The van der Waals surface area contributed by atoms with E-state index in [1.54, 1.807) is 25.5 Å². The van der Waals surface area contributed by atoms with Gasteiger partial charge in [-0.2, -0.15) is 0 Å². The lowest BCUT2D eigenvalue weighted by atomic mass is 10.2. The molecule has 0 fully saturated rings. The molecule has 0 bridgehead atoms. The van der Waals surface area contributed by atoms with Crippen LogP contribution in [0, 0.1) is 19.7 Å². The van der Waals surface area contributed by atoms with E-state index in [4.69, 9.17) is 9.57 Å². The SMILES string of the molecule is COc1ccc(CO/N=C/c2cc(C)n(-c3ccc(F)cc3)c2C)cc1. The predicted octanol–water partition coefficient (Wildman–Crippen LogP) is 4.79. The molecule has 0 radical (unpaired) electrons. The summed E-state index contributed by atoms with van der Waals surface area (Å²) in [5, 5.41) is 4.07. The Kier molecular flexibility index (Phi) is 5.37. The summed E-state index contributed by atoms with van der Waals surface area (Å²) in [6, 6.07) is 16.1. The molecule has 0 spiro atoms. The van der Waals surface area contributed by atoms with E-state index >= 15 is 0 Å². The Morgan fingerprint density at radius 2 is 1.73 bits per heavy atom. The maximum atomic E-state index is 13.1. The van der Waals surface area contributed by atoms with Crippen LogP contribution in [-0.4, -0.2) is 17.9 Å². The number of oxime groups is 1. The molecule has 3 aromatic rings. The molecule has 3 rings (SSSR count). The monoisotopic (exact) mass is 352 g/mol. The van der Waals surface area contributed by atoms with Crippen molar-refractivity contribution >= 4 is 6.21 Å². The summed E-state index contributed by atoms with van der Waals surface area (Å²) < 4.78 is 20.3. The number of rotatable bonds is 6. The number of benzene rings is 2. The lowest BCUT2D eigenvalue weighted by molar-refractivity contribution is 0.132. The first kappa shape index (κ1) is 17.7. The van der Waals surface area contributed by atoms with Gasteiger partial charge in [0.25, 0.3) is 0 Å². The van der Waals surface area contributed by atoms with Crippen molar-refractivity contribution in [1.29, 1.82) is 0 Å². The normalized spacial score (nSPS) is 11.1. The Morgan fingerprint density at radius 3 is 2.38 bits per heavy atom. The maximum Gasteiger partial charge on any atom is 0.142 e. The van der Waals surface area contributed by atoms with Crippen molar-refractivity contribution in [2.45, 2.75) is 20.5 Å². The zero-order valence-corrected chi connectivity index (χ0v) is 15.1. The summed E-state index contributed by atoms with van der Waals surface area (Å²) in [4.78, 5) is 5.39. The minimum Gasteiger partial charge on any atom is -0.497 e. The van der Waals surface area contributed by atoms with Crippen molar-refractivity contribution in [1.82, 2.24) is 4.57 Å². The molecule has 1 heterocycles. The van der Waals surface area contributed by atoms with Crippen LogP contribution in [0.3, 0.4) is 0 Å². The van der Waals surface area contributed by atoms with Gasteiger partial charge in [-0.05, 0) is 61.9 Å². The van der Waals surface area contributed by atoms with E-state index in [9.17, 15) is 4.39 Å². The van der Waals surface area contributed by atoms with Crippen LogP contribution in [-0.2, 0) is 11.4 Å². The Labute approximate surface area is 152 Å². The Morgan fingerprint density at radius 1 is 1.04 bits per heavy atom. The van der Waals surface area contributed by atoms with Gasteiger partial charge in [-0.1, -0.05) is 17.3 Å². The van der Waals surface area contributed by atoms with Crippen molar-refractivity contribution in [2.75, 3.05) is 7.11 Å².